The van der Waals surface area contributed by atoms with E-state index in [-0.39, 0.29) is 5.69 Å². The van der Waals surface area contributed by atoms with Gasteiger partial charge in [-0.15, -0.1) is 0 Å². The van der Waals surface area contributed by atoms with Gasteiger partial charge < -0.3 is 16.4 Å². The van der Waals surface area contributed by atoms with Gasteiger partial charge in [0.2, 0.25) is 0 Å². The predicted octanol–water partition coefficient (Wildman–Crippen LogP) is 2.05. The maximum atomic E-state index is 11.2. The molecule has 0 saturated carbocycles. The van der Waals surface area contributed by atoms with E-state index in [2.05, 4.69) is 4.98 Å². The summed E-state index contributed by atoms with van der Waals surface area (Å²) < 4.78 is 0. The van der Waals surface area contributed by atoms with Crippen molar-refractivity contribution in [2.75, 3.05) is 17.7 Å². The summed E-state index contributed by atoms with van der Waals surface area (Å²) in [4.78, 5) is 17.2. The summed E-state index contributed by atoms with van der Waals surface area (Å²) in [6.07, 6.45) is 0. The molecule has 1 heterocycles. The topological polar surface area (TPSA) is 85.2 Å². The van der Waals surface area contributed by atoms with Crippen LogP contribution in [0.2, 0.25) is 5.02 Å². The summed E-state index contributed by atoms with van der Waals surface area (Å²) in [5.74, 6) is -0.0533. The van der Waals surface area contributed by atoms with Crippen molar-refractivity contribution in [1.29, 1.82) is 0 Å². The maximum Gasteiger partial charge on any atom is 0.267 e. The fourth-order valence-corrected chi connectivity index (χ4v) is 1.97. The largest absolute Gasteiger partial charge is 0.396 e. The summed E-state index contributed by atoms with van der Waals surface area (Å²) in [5, 5.41) is 0.685. The van der Waals surface area contributed by atoms with Crippen LogP contribution in [0.4, 0.5) is 11.5 Å². The van der Waals surface area contributed by atoms with Crippen molar-refractivity contribution in [2.45, 2.75) is 6.54 Å². The number of rotatable bonds is 4. The van der Waals surface area contributed by atoms with Crippen molar-refractivity contribution in [3.8, 4) is 0 Å². The van der Waals surface area contributed by atoms with E-state index in [9.17, 15) is 4.79 Å². The molecule has 0 aliphatic heterocycles. The van der Waals surface area contributed by atoms with Gasteiger partial charge in [0.25, 0.3) is 5.91 Å². The first-order chi connectivity index (χ1) is 9.47. The Bertz CT molecular complexity index is 628. The third-order valence-corrected chi connectivity index (χ3v) is 3.10. The van der Waals surface area contributed by atoms with Crippen LogP contribution < -0.4 is 16.4 Å². The fourth-order valence-electron chi connectivity index (χ4n) is 1.84. The second kappa shape index (κ2) is 5.79. The Morgan fingerprint density at radius 3 is 2.50 bits per heavy atom. The summed E-state index contributed by atoms with van der Waals surface area (Å²) in [5.41, 5.74) is 12.9. The molecule has 0 fully saturated rings. The first kappa shape index (κ1) is 14.1. The van der Waals surface area contributed by atoms with Crippen LogP contribution in [-0.4, -0.2) is 17.9 Å². The molecule has 0 aliphatic carbocycles. The highest BCUT2D eigenvalue weighted by atomic mass is 35.5. The number of nitrogens with two attached hydrogens (primary N) is 2. The van der Waals surface area contributed by atoms with Crippen LogP contribution in [0.15, 0.2) is 36.4 Å². The summed E-state index contributed by atoms with van der Waals surface area (Å²) in [6, 6.07) is 10.6. The average Bonchev–Trinajstić information content (AvgIpc) is 2.41. The Hall–Kier alpha value is -2.27. The Morgan fingerprint density at radius 2 is 1.90 bits per heavy atom. The number of benzene rings is 1. The number of nitrogen functional groups attached to an aromatic ring is 1. The minimum absolute atomic E-state index is 0.192. The number of nitrogens with zero attached hydrogens (tertiary/aromatic N) is 2. The van der Waals surface area contributed by atoms with Gasteiger partial charge in [0.15, 0.2) is 5.82 Å². The Morgan fingerprint density at radius 1 is 1.25 bits per heavy atom. The zero-order valence-electron chi connectivity index (χ0n) is 11.0. The molecule has 104 valence electrons. The van der Waals surface area contributed by atoms with E-state index in [1.165, 1.54) is 6.07 Å². The van der Waals surface area contributed by atoms with Crippen molar-refractivity contribution in [3.63, 3.8) is 0 Å². The monoisotopic (exact) mass is 290 g/mol. The minimum atomic E-state index is -0.578. The van der Waals surface area contributed by atoms with Crippen molar-refractivity contribution < 1.29 is 4.79 Å². The molecule has 2 rings (SSSR count). The van der Waals surface area contributed by atoms with Gasteiger partial charge in [0, 0.05) is 18.6 Å². The second-order valence-electron chi connectivity index (χ2n) is 4.46. The molecule has 0 bridgehead atoms. The number of aromatic nitrogens is 1. The average molecular weight is 291 g/mol. The molecule has 1 amide bonds. The zero-order valence-corrected chi connectivity index (χ0v) is 11.8. The molecule has 20 heavy (non-hydrogen) atoms. The number of hydrogen-bond donors (Lipinski definition) is 2. The third kappa shape index (κ3) is 3.19. The smallest absolute Gasteiger partial charge is 0.267 e. The van der Waals surface area contributed by atoms with Crippen molar-refractivity contribution >= 4 is 29.0 Å². The Balaban J connectivity index is 2.24. The molecule has 4 N–H and O–H groups in total. The normalized spacial score (nSPS) is 10.3. The van der Waals surface area contributed by atoms with Gasteiger partial charge in [-0.3, -0.25) is 4.79 Å². The number of pyridine rings is 1. The number of primary amides is 1. The van der Waals surface area contributed by atoms with E-state index in [1.807, 2.05) is 36.2 Å². The van der Waals surface area contributed by atoms with Crippen LogP contribution in [-0.2, 0) is 6.54 Å². The number of carbonyl (C=O) groups is 1. The highest BCUT2D eigenvalue weighted by molar-refractivity contribution is 6.30. The quantitative estimate of drug-likeness (QED) is 0.902. The molecule has 0 unspecified atom stereocenters. The fraction of sp³-hybridized carbons (Fsp3) is 0.143. The molecule has 0 radical (unpaired) electrons. The lowest BCUT2D eigenvalue weighted by atomic mass is 10.2. The van der Waals surface area contributed by atoms with E-state index in [0.29, 0.717) is 23.1 Å². The highest BCUT2D eigenvalue weighted by Gasteiger charge is 2.11. The summed E-state index contributed by atoms with van der Waals surface area (Å²) >= 11 is 5.85. The number of halogens is 1. The predicted molar refractivity (Wildman–Crippen MR) is 80.7 cm³/mol. The molecule has 2 aromatic rings. The van der Waals surface area contributed by atoms with Crippen molar-refractivity contribution in [3.05, 3.63) is 52.7 Å². The van der Waals surface area contributed by atoms with Crippen molar-refractivity contribution in [2.24, 2.45) is 5.73 Å². The maximum absolute atomic E-state index is 11.2. The van der Waals surface area contributed by atoms with Gasteiger partial charge in [-0.1, -0.05) is 23.7 Å². The molecule has 1 aromatic carbocycles. The van der Waals surface area contributed by atoms with Crippen molar-refractivity contribution in [1.82, 2.24) is 4.98 Å². The van der Waals surface area contributed by atoms with E-state index in [4.69, 9.17) is 23.1 Å². The molecule has 0 saturated heterocycles. The van der Waals surface area contributed by atoms with Gasteiger partial charge in [-0.05, 0) is 29.8 Å². The zero-order chi connectivity index (χ0) is 14.7. The minimum Gasteiger partial charge on any atom is -0.396 e. The number of anilines is 2. The number of carbonyl (C=O) groups excluding carboxylic acids is 1. The van der Waals surface area contributed by atoms with Crippen LogP contribution in [0.3, 0.4) is 0 Å². The van der Waals surface area contributed by atoms with Crippen LogP contribution in [0.1, 0.15) is 16.1 Å². The molecule has 5 nitrogen and oxygen atoms in total. The Labute approximate surface area is 122 Å². The van der Waals surface area contributed by atoms with Gasteiger partial charge in [0.1, 0.15) is 5.69 Å². The molecule has 0 atom stereocenters. The van der Waals surface area contributed by atoms with E-state index >= 15 is 0 Å². The lowest BCUT2D eigenvalue weighted by molar-refractivity contribution is 0.0995. The highest BCUT2D eigenvalue weighted by Crippen LogP contribution is 2.21. The van der Waals surface area contributed by atoms with Crippen LogP contribution in [0.25, 0.3) is 0 Å². The molecular formula is C14H15ClN4O. The molecule has 0 spiro atoms. The van der Waals surface area contributed by atoms with Crippen LogP contribution in [0, 0.1) is 0 Å². The first-order valence-electron chi connectivity index (χ1n) is 5.99. The van der Waals surface area contributed by atoms with Crippen LogP contribution in [0.5, 0.6) is 0 Å². The standard InChI is InChI=1S/C14H15ClN4O/c1-19(8-9-2-4-10(15)5-3-9)14-11(16)6-7-12(18-14)13(17)20/h2-7H,8,16H2,1H3,(H2,17,20). The summed E-state index contributed by atoms with van der Waals surface area (Å²) in [7, 11) is 1.85. The molecule has 1 aromatic heterocycles. The van der Waals surface area contributed by atoms with Gasteiger partial charge in [-0.2, -0.15) is 0 Å². The SMILES string of the molecule is CN(Cc1ccc(Cl)cc1)c1nc(C(N)=O)ccc1N. The van der Waals surface area contributed by atoms with Gasteiger partial charge in [-0.25, -0.2) is 4.98 Å². The first-order valence-corrected chi connectivity index (χ1v) is 6.37. The Kier molecular flexibility index (Phi) is 4.10. The molecule has 6 heteroatoms. The lowest BCUT2D eigenvalue weighted by Gasteiger charge is -2.20. The molecular weight excluding hydrogens is 276 g/mol. The van der Waals surface area contributed by atoms with Gasteiger partial charge >= 0.3 is 0 Å². The molecule has 0 aliphatic rings. The third-order valence-electron chi connectivity index (χ3n) is 2.85. The van der Waals surface area contributed by atoms with Gasteiger partial charge in [0.05, 0.1) is 5.69 Å². The van der Waals surface area contributed by atoms with E-state index in [0.717, 1.165) is 5.56 Å². The summed E-state index contributed by atoms with van der Waals surface area (Å²) in [6.45, 7) is 0.594. The van der Waals surface area contributed by atoms with E-state index < -0.39 is 5.91 Å². The lowest BCUT2D eigenvalue weighted by Crippen LogP contribution is -2.21. The number of hydrogen-bond acceptors (Lipinski definition) is 4. The second-order valence-corrected chi connectivity index (χ2v) is 4.89. The van der Waals surface area contributed by atoms with Crippen LogP contribution >= 0.6 is 11.6 Å². The number of amides is 1. The van der Waals surface area contributed by atoms with E-state index in [1.54, 1.807) is 6.07 Å².